The van der Waals surface area contributed by atoms with Crippen molar-refractivity contribution in [3.63, 3.8) is 0 Å². The van der Waals surface area contributed by atoms with Crippen molar-refractivity contribution in [3.8, 4) is 0 Å². The minimum atomic E-state index is -1.84. The molecular formula is C27H28FN3O4S2. The quantitative estimate of drug-likeness (QED) is 0.398. The Hall–Kier alpha value is -3.37. The van der Waals surface area contributed by atoms with Crippen LogP contribution in [0.5, 0.6) is 0 Å². The zero-order valence-electron chi connectivity index (χ0n) is 20.1. The van der Waals surface area contributed by atoms with Crippen LogP contribution in [0.2, 0.25) is 0 Å². The van der Waals surface area contributed by atoms with Crippen LogP contribution in [-0.4, -0.2) is 39.5 Å². The van der Waals surface area contributed by atoms with Gasteiger partial charge in [-0.2, -0.15) is 0 Å². The van der Waals surface area contributed by atoms with E-state index in [2.05, 4.69) is 10.6 Å². The van der Waals surface area contributed by atoms with Crippen LogP contribution in [0, 0.1) is 5.82 Å². The topological polar surface area (TPSA) is 95.6 Å². The Bertz CT molecular complexity index is 1230. The number of halogens is 1. The summed E-state index contributed by atoms with van der Waals surface area (Å²) in [6, 6.07) is 16.8. The minimum Gasteiger partial charge on any atom is -0.351 e. The molecule has 2 atom stereocenters. The maximum atomic E-state index is 13.6. The molecule has 2 N–H and O–H groups in total. The summed E-state index contributed by atoms with van der Waals surface area (Å²) in [5, 5.41) is 7.49. The van der Waals surface area contributed by atoms with Gasteiger partial charge in [0.2, 0.25) is 17.7 Å². The summed E-state index contributed by atoms with van der Waals surface area (Å²) >= 11 is 1.37. The summed E-state index contributed by atoms with van der Waals surface area (Å²) < 4.78 is 25.9. The highest BCUT2D eigenvalue weighted by atomic mass is 32.2. The fourth-order valence-corrected chi connectivity index (χ4v) is 6.03. The van der Waals surface area contributed by atoms with Crippen molar-refractivity contribution < 1.29 is 23.0 Å². The van der Waals surface area contributed by atoms with Gasteiger partial charge in [-0.3, -0.25) is 23.5 Å². The van der Waals surface area contributed by atoms with Gasteiger partial charge in [-0.1, -0.05) is 37.1 Å². The van der Waals surface area contributed by atoms with Gasteiger partial charge in [0.25, 0.3) is 0 Å². The summed E-state index contributed by atoms with van der Waals surface area (Å²) in [6.45, 7) is 0. The van der Waals surface area contributed by atoms with E-state index in [-0.39, 0.29) is 11.9 Å². The molecule has 2 aromatic carbocycles. The normalized spacial score (nSPS) is 15.1. The first kappa shape index (κ1) is 26.7. The highest BCUT2D eigenvalue weighted by molar-refractivity contribution is 7.86. The summed E-state index contributed by atoms with van der Waals surface area (Å²) in [4.78, 5) is 41.6. The summed E-state index contributed by atoms with van der Waals surface area (Å²) in [6.07, 6.45) is 3.90. The van der Waals surface area contributed by atoms with Gasteiger partial charge < -0.3 is 10.6 Å². The molecule has 1 aliphatic rings. The Kier molecular flexibility index (Phi) is 9.19. The molecule has 3 aromatic rings. The number of nitrogens with zero attached hydrogens (tertiary/aromatic N) is 1. The average molecular weight is 542 g/mol. The molecule has 10 heteroatoms. The lowest BCUT2D eigenvalue weighted by molar-refractivity contribution is -0.126. The third-order valence-corrected chi connectivity index (χ3v) is 8.11. The molecule has 37 heavy (non-hydrogen) atoms. The number of anilines is 2. The highest BCUT2D eigenvalue weighted by Gasteiger charge is 2.35. The molecule has 7 nitrogen and oxygen atoms in total. The minimum absolute atomic E-state index is 0.0620. The maximum Gasteiger partial charge on any atom is 0.248 e. The first-order valence-corrected chi connectivity index (χ1v) is 14.4. The Labute approximate surface area is 221 Å². The van der Waals surface area contributed by atoms with Gasteiger partial charge >= 0.3 is 0 Å². The van der Waals surface area contributed by atoms with Gasteiger partial charge in [-0.25, -0.2) is 4.39 Å². The van der Waals surface area contributed by atoms with E-state index in [1.54, 1.807) is 30.3 Å². The summed E-state index contributed by atoms with van der Waals surface area (Å²) in [5.74, 6) is -2.66. The van der Waals surface area contributed by atoms with Crippen molar-refractivity contribution >= 4 is 51.2 Å². The van der Waals surface area contributed by atoms with Crippen LogP contribution in [0.3, 0.4) is 0 Å². The summed E-state index contributed by atoms with van der Waals surface area (Å²) in [5.41, 5.74) is 0.863. The molecular weight excluding hydrogens is 513 g/mol. The molecule has 3 amide bonds. The molecule has 1 aliphatic carbocycles. The van der Waals surface area contributed by atoms with Crippen molar-refractivity contribution in [2.75, 3.05) is 21.7 Å². The molecule has 1 fully saturated rings. The SMILES string of the molecule is O=C(C[S@](=O)CC(=O)N(c1ccccc1)[C@@H](C(=O)NC1CCCC1)c1cccs1)Nc1ccc(F)cc1. The molecule has 0 aliphatic heterocycles. The standard InChI is InChI=1S/C27H28FN3O4S2/c28-19-12-14-21(15-13-19)29-24(32)17-37(35)18-25(33)31(22-9-2-1-3-10-22)26(23-11-6-16-36-23)27(34)30-20-7-4-5-8-20/h1-3,6,9-16,20,26H,4-5,7-8,17-18H2,(H,29,32)(H,30,34)/t26-,37+/m1/s1. The van der Waals surface area contributed by atoms with Gasteiger partial charge in [0.1, 0.15) is 23.4 Å². The Morgan fingerprint density at radius 2 is 1.68 bits per heavy atom. The number of para-hydroxylation sites is 1. The molecule has 0 saturated heterocycles. The van der Waals surface area contributed by atoms with E-state index in [1.807, 2.05) is 17.5 Å². The van der Waals surface area contributed by atoms with E-state index in [1.165, 1.54) is 40.5 Å². The number of benzene rings is 2. The number of nitrogens with one attached hydrogen (secondary N) is 2. The second-order valence-electron chi connectivity index (χ2n) is 8.79. The van der Waals surface area contributed by atoms with Crippen LogP contribution in [-0.2, 0) is 25.2 Å². The van der Waals surface area contributed by atoms with Crippen molar-refractivity contribution in [1.82, 2.24) is 5.32 Å². The van der Waals surface area contributed by atoms with E-state index >= 15 is 0 Å². The average Bonchev–Trinajstić information content (AvgIpc) is 3.59. The monoisotopic (exact) mass is 541 g/mol. The lowest BCUT2D eigenvalue weighted by Crippen LogP contribution is -2.47. The fraction of sp³-hybridized carbons (Fsp3) is 0.296. The summed E-state index contributed by atoms with van der Waals surface area (Å²) in [7, 11) is -1.84. The second kappa shape index (κ2) is 12.7. The Morgan fingerprint density at radius 1 is 0.973 bits per heavy atom. The number of thiophene rings is 1. The van der Waals surface area contributed by atoms with E-state index in [9.17, 15) is 23.0 Å². The van der Waals surface area contributed by atoms with Gasteiger partial charge in [0.05, 0.1) is 0 Å². The number of carbonyl (C=O) groups excluding carboxylic acids is 3. The number of hydrogen-bond donors (Lipinski definition) is 2. The first-order chi connectivity index (χ1) is 17.9. The Morgan fingerprint density at radius 3 is 2.32 bits per heavy atom. The van der Waals surface area contributed by atoms with Crippen molar-refractivity contribution in [2.24, 2.45) is 0 Å². The van der Waals surface area contributed by atoms with Gasteiger partial charge in [0.15, 0.2) is 0 Å². The van der Waals surface area contributed by atoms with E-state index in [0.29, 0.717) is 16.3 Å². The first-order valence-electron chi connectivity index (χ1n) is 12.0. The van der Waals surface area contributed by atoms with E-state index in [4.69, 9.17) is 0 Å². The molecule has 0 unspecified atom stereocenters. The zero-order valence-corrected chi connectivity index (χ0v) is 21.7. The zero-order chi connectivity index (χ0) is 26.2. The molecule has 4 rings (SSSR count). The van der Waals surface area contributed by atoms with Gasteiger partial charge in [-0.05, 0) is 60.7 Å². The predicted molar refractivity (Wildman–Crippen MR) is 144 cm³/mol. The van der Waals surface area contributed by atoms with Crippen molar-refractivity contribution in [2.45, 2.75) is 37.8 Å². The van der Waals surface area contributed by atoms with Crippen LogP contribution in [0.25, 0.3) is 0 Å². The second-order valence-corrected chi connectivity index (χ2v) is 11.2. The van der Waals surface area contributed by atoms with Crippen LogP contribution < -0.4 is 15.5 Å². The molecule has 1 heterocycles. The maximum absolute atomic E-state index is 13.6. The van der Waals surface area contributed by atoms with Crippen LogP contribution in [0.15, 0.2) is 72.1 Å². The van der Waals surface area contributed by atoms with Crippen molar-refractivity contribution in [3.05, 3.63) is 82.8 Å². The third kappa shape index (κ3) is 7.33. The van der Waals surface area contributed by atoms with Gasteiger partial charge in [-0.15, -0.1) is 11.3 Å². The number of rotatable bonds is 10. The van der Waals surface area contributed by atoms with Crippen LogP contribution in [0.4, 0.5) is 15.8 Å². The number of carbonyl (C=O) groups is 3. The molecule has 0 spiro atoms. The molecule has 1 saturated carbocycles. The Balaban J connectivity index is 1.52. The van der Waals surface area contributed by atoms with E-state index < -0.39 is 46.0 Å². The number of hydrogen-bond acceptors (Lipinski definition) is 5. The molecule has 194 valence electrons. The molecule has 0 radical (unpaired) electrons. The predicted octanol–water partition coefficient (Wildman–Crippen LogP) is 4.41. The lowest BCUT2D eigenvalue weighted by Gasteiger charge is -2.31. The van der Waals surface area contributed by atoms with Crippen LogP contribution in [0.1, 0.15) is 36.6 Å². The molecule has 1 aromatic heterocycles. The third-order valence-electron chi connectivity index (χ3n) is 6.03. The lowest BCUT2D eigenvalue weighted by atomic mass is 10.1. The number of amides is 3. The largest absolute Gasteiger partial charge is 0.351 e. The fourth-order valence-electron chi connectivity index (χ4n) is 4.33. The highest BCUT2D eigenvalue weighted by Crippen LogP contribution is 2.31. The van der Waals surface area contributed by atoms with Gasteiger partial charge in [0, 0.05) is 33.1 Å². The molecule has 0 bridgehead atoms. The van der Waals surface area contributed by atoms with Crippen molar-refractivity contribution in [1.29, 1.82) is 0 Å². The van der Waals surface area contributed by atoms with E-state index in [0.717, 1.165) is 25.7 Å². The smallest absolute Gasteiger partial charge is 0.248 e. The van der Waals surface area contributed by atoms with Crippen LogP contribution >= 0.6 is 11.3 Å².